The third-order valence-electron chi connectivity index (χ3n) is 6.98. The number of aliphatic hydroxyl groups is 1. The molecule has 0 rings (SSSR count). The van der Waals surface area contributed by atoms with Gasteiger partial charge in [-0.1, -0.05) is 122 Å². The number of allylic oxidation sites excluding steroid dienone is 1. The minimum absolute atomic E-state index is 0.0657. The maximum atomic E-state index is 12.6. The minimum atomic E-state index is -0.576. The van der Waals surface area contributed by atoms with E-state index in [2.05, 4.69) is 26.0 Å². The Bertz CT molecular complexity index is 514. The zero-order chi connectivity index (χ0) is 26.0. The highest BCUT2D eigenvalue weighted by Gasteiger charge is 2.26. The summed E-state index contributed by atoms with van der Waals surface area (Å²) in [5.74, 6) is -0.870. The fourth-order valence-corrected chi connectivity index (χ4v) is 4.60. The lowest BCUT2D eigenvalue weighted by atomic mass is 9.93. The van der Waals surface area contributed by atoms with Crippen LogP contribution < -0.4 is 0 Å². The summed E-state index contributed by atoms with van der Waals surface area (Å²) in [5, 5.41) is 9.99. The Morgan fingerprint density at radius 1 is 0.686 bits per heavy atom. The number of aliphatic hydroxyl groups excluding tert-OH is 1. The molecule has 4 nitrogen and oxygen atoms in total. The average Bonchev–Trinajstić information content (AvgIpc) is 2.86. The highest BCUT2D eigenvalue weighted by atomic mass is 16.5. The minimum Gasteiger partial charge on any atom is -0.468 e. The van der Waals surface area contributed by atoms with Crippen LogP contribution in [0.2, 0.25) is 0 Å². The molecule has 1 unspecified atom stereocenters. The number of unbranched alkanes of at least 4 members (excludes halogenated alkanes) is 15. The van der Waals surface area contributed by atoms with Crippen LogP contribution in [0.1, 0.15) is 155 Å². The van der Waals surface area contributed by atoms with Crippen LogP contribution in [0.15, 0.2) is 12.2 Å². The standard InChI is InChI=1S/C31H58O4/c1-4-6-8-10-11-12-16-19-23-27-30(33)29(31(34)35-3)26-22-18-15-13-14-17-21-25-28(32)24-20-9-7-5-2/h17,21,28-29,32H,4-16,18-20,22-27H2,1-3H3/b21-17-/t28-,29?/m1/s1. The number of ether oxygens (including phenoxy) is 1. The van der Waals surface area contributed by atoms with Crippen molar-refractivity contribution in [2.45, 2.75) is 161 Å². The summed E-state index contributed by atoms with van der Waals surface area (Å²) in [5.41, 5.74) is 0. The summed E-state index contributed by atoms with van der Waals surface area (Å²) in [4.78, 5) is 24.7. The summed E-state index contributed by atoms with van der Waals surface area (Å²) < 4.78 is 4.91. The van der Waals surface area contributed by atoms with Crippen LogP contribution in [0.5, 0.6) is 0 Å². The van der Waals surface area contributed by atoms with Gasteiger partial charge in [0.15, 0.2) is 0 Å². The van der Waals surface area contributed by atoms with Crippen molar-refractivity contribution in [2.24, 2.45) is 5.92 Å². The summed E-state index contributed by atoms with van der Waals surface area (Å²) in [6.07, 6.45) is 27.9. The first kappa shape index (κ1) is 33.8. The Morgan fingerprint density at radius 3 is 1.83 bits per heavy atom. The molecule has 0 aliphatic carbocycles. The summed E-state index contributed by atoms with van der Waals surface area (Å²) in [7, 11) is 1.38. The second kappa shape index (κ2) is 25.9. The van der Waals surface area contributed by atoms with E-state index in [4.69, 9.17) is 4.74 Å². The van der Waals surface area contributed by atoms with E-state index in [0.29, 0.717) is 12.8 Å². The van der Waals surface area contributed by atoms with Crippen LogP contribution in [0, 0.1) is 5.92 Å². The Hall–Kier alpha value is -1.16. The molecule has 2 atom stereocenters. The van der Waals surface area contributed by atoms with Gasteiger partial charge in [-0.05, 0) is 38.5 Å². The smallest absolute Gasteiger partial charge is 0.316 e. The molecule has 0 saturated heterocycles. The first-order valence-corrected chi connectivity index (χ1v) is 15.0. The van der Waals surface area contributed by atoms with E-state index in [1.807, 2.05) is 0 Å². The van der Waals surface area contributed by atoms with Gasteiger partial charge >= 0.3 is 5.97 Å². The third-order valence-corrected chi connectivity index (χ3v) is 6.98. The van der Waals surface area contributed by atoms with Gasteiger partial charge in [0.25, 0.3) is 0 Å². The van der Waals surface area contributed by atoms with E-state index in [1.165, 1.54) is 71.3 Å². The highest BCUT2D eigenvalue weighted by molar-refractivity contribution is 5.98. The number of carbonyl (C=O) groups is 2. The van der Waals surface area contributed by atoms with Crippen molar-refractivity contribution in [3.63, 3.8) is 0 Å². The van der Waals surface area contributed by atoms with Crippen molar-refractivity contribution in [3.05, 3.63) is 12.2 Å². The van der Waals surface area contributed by atoms with Gasteiger partial charge in [-0.3, -0.25) is 9.59 Å². The van der Waals surface area contributed by atoms with E-state index in [1.54, 1.807) is 0 Å². The van der Waals surface area contributed by atoms with Gasteiger partial charge in [-0.2, -0.15) is 0 Å². The molecule has 0 aliphatic heterocycles. The number of hydrogen-bond donors (Lipinski definition) is 1. The van der Waals surface area contributed by atoms with Gasteiger partial charge in [0.05, 0.1) is 13.2 Å². The van der Waals surface area contributed by atoms with Crippen molar-refractivity contribution in [1.29, 1.82) is 0 Å². The molecular weight excluding hydrogens is 436 g/mol. The summed E-state index contributed by atoms with van der Waals surface area (Å²) in [6.45, 7) is 4.44. The molecule has 0 aromatic rings. The number of Topliss-reactive ketones (excluding diaryl/α,β-unsaturated/α-hetero) is 1. The monoisotopic (exact) mass is 494 g/mol. The molecule has 0 saturated carbocycles. The quantitative estimate of drug-likeness (QED) is 0.0564. The van der Waals surface area contributed by atoms with E-state index >= 15 is 0 Å². The fourth-order valence-electron chi connectivity index (χ4n) is 4.60. The molecule has 4 heteroatoms. The van der Waals surface area contributed by atoms with E-state index < -0.39 is 5.92 Å². The largest absolute Gasteiger partial charge is 0.468 e. The van der Waals surface area contributed by atoms with Crippen LogP contribution in [0.4, 0.5) is 0 Å². The van der Waals surface area contributed by atoms with Crippen molar-refractivity contribution in [1.82, 2.24) is 0 Å². The number of hydrogen-bond acceptors (Lipinski definition) is 4. The van der Waals surface area contributed by atoms with Gasteiger partial charge < -0.3 is 9.84 Å². The van der Waals surface area contributed by atoms with Crippen LogP contribution >= 0.6 is 0 Å². The Balaban J connectivity index is 3.86. The predicted octanol–water partition coefficient (Wildman–Crippen LogP) is 8.88. The lowest BCUT2D eigenvalue weighted by Crippen LogP contribution is -2.25. The second-order valence-corrected chi connectivity index (χ2v) is 10.3. The van der Waals surface area contributed by atoms with Crippen molar-refractivity contribution >= 4 is 11.8 Å². The third kappa shape index (κ3) is 21.8. The van der Waals surface area contributed by atoms with Crippen molar-refractivity contribution < 1.29 is 19.4 Å². The molecule has 0 spiro atoms. The second-order valence-electron chi connectivity index (χ2n) is 10.3. The fraction of sp³-hybridized carbons (Fsp3) is 0.871. The SMILES string of the molecule is CCCCCCCCCCCC(=O)C(CCCCCC/C=C\C[C@H](O)CCCCCC)C(=O)OC. The number of esters is 1. The number of methoxy groups -OCH3 is 1. The molecule has 0 heterocycles. The van der Waals surface area contributed by atoms with Crippen LogP contribution in [0.3, 0.4) is 0 Å². The normalized spacial score (nSPS) is 13.3. The molecule has 0 radical (unpaired) electrons. The topological polar surface area (TPSA) is 63.6 Å². The Kier molecular flexibility index (Phi) is 25.1. The highest BCUT2D eigenvalue weighted by Crippen LogP contribution is 2.18. The van der Waals surface area contributed by atoms with Crippen molar-refractivity contribution in [2.75, 3.05) is 7.11 Å². The maximum absolute atomic E-state index is 12.6. The van der Waals surface area contributed by atoms with E-state index in [-0.39, 0.29) is 17.9 Å². The number of rotatable bonds is 26. The van der Waals surface area contributed by atoms with Crippen molar-refractivity contribution in [3.8, 4) is 0 Å². The van der Waals surface area contributed by atoms with Crippen LogP contribution in [-0.4, -0.2) is 30.1 Å². The maximum Gasteiger partial charge on any atom is 0.316 e. The van der Waals surface area contributed by atoms with Gasteiger partial charge in [-0.25, -0.2) is 0 Å². The van der Waals surface area contributed by atoms with Gasteiger partial charge in [0.1, 0.15) is 11.7 Å². The van der Waals surface area contributed by atoms with Gasteiger partial charge in [-0.15, -0.1) is 0 Å². The lowest BCUT2D eigenvalue weighted by Gasteiger charge is -2.13. The zero-order valence-corrected chi connectivity index (χ0v) is 23.5. The van der Waals surface area contributed by atoms with E-state index in [0.717, 1.165) is 64.2 Å². The molecule has 0 amide bonds. The first-order chi connectivity index (χ1) is 17.1. The number of ketones is 1. The Labute approximate surface area is 217 Å². The predicted molar refractivity (Wildman–Crippen MR) is 149 cm³/mol. The molecule has 35 heavy (non-hydrogen) atoms. The van der Waals surface area contributed by atoms with Gasteiger partial charge in [0, 0.05) is 6.42 Å². The summed E-state index contributed by atoms with van der Waals surface area (Å²) in [6, 6.07) is 0. The molecule has 0 fully saturated rings. The van der Waals surface area contributed by atoms with Crippen LogP contribution in [0.25, 0.3) is 0 Å². The van der Waals surface area contributed by atoms with Crippen LogP contribution in [-0.2, 0) is 14.3 Å². The lowest BCUT2D eigenvalue weighted by molar-refractivity contribution is -0.149. The Morgan fingerprint density at radius 2 is 1.20 bits per heavy atom. The van der Waals surface area contributed by atoms with E-state index in [9.17, 15) is 14.7 Å². The summed E-state index contributed by atoms with van der Waals surface area (Å²) >= 11 is 0. The molecule has 206 valence electrons. The molecule has 1 N–H and O–H groups in total. The molecule has 0 bridgehead atoms. The molecule has 0 aromatic carbocycles. The molecular formula is C31H58O4. The van der Waals surface area contributed by atoms with Gasteiger partial charge in [0.2, 0.25) is 0 Å². The molecule has 0 aliphatic rings. The average molecular weight is 495 g/mol. The zero-order valence-electron chi connectivity index (χ0n) is 23.5. The first-order valence-electron chi connectivity index (χ1n) is 15.0. The molecule has 0 aromatic heterocycles. The number of carbonyl (C=O) groups excluding carboxylic acids is 2.